The first-order valence-electron chi connectivity index (χ1n) is 8.08. The van der Waals surface area contributed by atoms with Crippen molar-refractivity contribution < 1.29 is 9.53 Å². The molecule has 1 aliphatic rings. The summed E-state index contributed by atoms with van der Waals surface area (Å²) in [6, 6.07) is 9.43. The molecule has 0 spiro atoms. The Hall–Kier alpha value is -1.98. The minimum Gasteiger partial charge on any atom is -0.373 e. The van der Waals surface area contributed by atoms with Crippen LogP contribution in [0.2, 0.25) is 0 Å². The van der Waals surface area contributed by atoms with Gasteiger partial charge in [-0.25, -0.2) is 0 Å². The summed E-state index contributed by atoms with van der Waals surface area (Å²) in [6.07, 6.45) is 2.05. The Bertz CT molecular complexity index is 688. The van der Waals surface area contributed by atoms with Gasteiger partial charge in [-0.1, -0.05) is 6.07 Å². The third kappa shape index (κ3) is 3.51. The van der Waals surface area contributed by atoms with Crippen molar-refractivity contribution in [1.29, 1.82) is 0 Å². The highest BCUT2D eigenvalue weighted by Crippen LogP contribution is 2.22. The average molecular weight is 313 g/mol. The van der Waals surface area contributed by atoms with Crippen LogP contribution in [0.1, 0.15) is 20.8 Å². The minimum atomic E-state index is -0.198. The zero-order valence-corrected chi connectivity index (χ0v) is 13.8. The van der Waals surface area contributed by atoms with E-state index in [0.717, 1.165) is 29.7 Å². The van der Waals surface area contributed by atoms with Crippen LogP contribution in [0.15, 0.2) is 36.5 Å². The molecule has 1 aromatic heterocycles. The molecule has 0 saturated carbocycles. The summed E-state index contributed by atoms with van der Waals surface area (Å²) < 4.78 is 5.74. The largest absolute Gasteiger partial charge is 0.373 e. The number of hydrogen-bond donors (Lipinski definition) is 1. The van der Waals surface area contributed by atoms with Crippen molar-refractivity contribution in [3.05, 3.63) is 36.5 Å². The minimum absolute atomic E-state index is 0.00246. The Morgan fingerprint density at radius 1 is 1.26 bits per heavy atom. The lowest BCUT2D eigenvalue weighted by Gasteiger charge is -2.38. The number of morpholine rings is 1. The molecular weight excluding hydrogens is 290 g/mol. The fourth-order valence-electron chi connectivity index (χ4n) is 3.15. The molecule has 3 atom stereocenters. The van der Waals surface area contributed by atoms with Crippen LogP contribution in [0, 0.1) is 0 Å². The third-order valence-electron chi connectivity index (χ3n) is 4.28. The number of pyridine rings is 1. The first-order chi connectivity index (χ1) is 11.0. The molecule has 2 aromatic rings. The van der Waals surface area contributed by atoms with E-state index >= 15 is 0 Å². The SMILES string of the molecule is C[C@@H]1CN([C@@H](C)C(=O)Nc2cccc3ncccc23)C[C@@H](C)O1. The molecular formula is C18H23N3O2. The van der Waals surface area contributed by atoms with Crippen molar-refractivity contribution in [2.24, 2.45) is 0 Å². The molecule has 1 N–H and O–H groups in total. The predicted molar refractivity (Wildman–Crippen MR) is 91.4 cm³/mol. The number of nitrogens with one attached hydrogen (secondary N) is 1. The number of rotatable bonds is 3. The van der Waals surface area contributed by atoms with Gasteiger partial charge in [0, 0.05) is 24.7 Å². The van der Waals surface area contributed by atoms with Crippen LogP contribution < -0.4 is 5.32 Å². The van der Waals surface area contributed by atoms with Crippen LogP contribution in [0.25, 0.3) is 10.9 Å². The van der Waals surface area contributed by atoms with Gasteiger partial charge in [0.2, 0.25) is 5.91 Å². The highest BCUT2D eigenvalue weighted by Gasteiger charge is 2.29. The van der Waals surface area contributed by atoms with Crippen LogP contribution in [-0.4, -0.2) is 47.1 Å². The fourth-order valence-corrected chi connectivity index (χ4v) is 3.15. The number of benzene rings is 1. The lowest BCUT2D eigenvalue weighted by molar-refractivity contribution is -0.126. The summed E-state index contributed by atoms with van der Waals surface area (Å²) in [6.45, 7) is 7.59. The summed E-state index contributed by atoms with van der Waals surface area (Å²) in [5.41, 5.74) is 1.69. The molecule has 0 aliphatic carbocycles. The number of nitrogens with zero attached hydrogens (tertiary/aromatic N) is 2. The molecule has 2 heterocycles. The van der Waals surface area contributed by atoms with Crippen LogP contribution in [0.5, 0.6) is 0 Å². The Morgan fingerprint density at radius 3 is 2.74 bits per heavy atom. The van der Waals surface area contributed by atoms with Gasteiger partial charge in [0.25, 0.3) is 0 Å². The van der Waals surface area contributed by atoms with Gasteiger partial charge in [-0.05, 0) is 45.0 Å². The van der Waals surface area contributed by atoms with Gasteiger partial charge < -0.3 is 10.1 Å². The first-order valence-corrected chi connectivity index (χ1v) is 8.08. The molecule has 23 heavy (non-hydrogen) atoms. The predicted octanol–water partition coefficient (Wildman–Crippen LogP) is 2.67. The zero-order chi connectivity index (χ0) is 16.4. The van der Waals surface area contributed by atoms with Gasteiger partial charge >= 0.3 is 0 Å². The maximum absolute atomic E-state index is 12.7. The summed E-state index contributed by atoms with van der Waals surface area (Å²) in [7, 11) is 0. The normalized spacial score (nSPS) is 23.6. The van der Waals surface area contributed by atoms with E-state index < -0.39 is 0 Å². The molecule has 122 valence electrons. The van der Waals surface area contributed by atoms with Crippen LogP contribution in [0.4, 0.5) is 5.69 Å². The molecule has 1 aromatic carbocycles. The van der Waals surface area contributed by atoms with Gasteiger partial charge in [-0.3, -0.25) is 14.7 Å². The lowest BCUT2D eigenvalue weighted by atomic mass is 10.1. The second kappa shape index (κ2) is 6.64. The Balaban J connectivity index is 1.75. The number of carbonyl (C=O) groups excluding carboxylic acids is 1. The molecule has 3 rings (SSSR count). The van der Waals surface area contributed by atoms with Crippen LogP contribution in [0.3, 0.4) is 0 Å². The number of fused-ring (bicyclic) bond motifs is 1. The van der Waals surface area contributed by atoms with E-state index in [2.05, 4.69) is 15.2 Å². The summed E-state index contributed by atoms with van der Waals surface area (Å²) in [5, 5.41) is 4.01. The molecule has 1 aliphatic heterocycles. The van der Waals surface area contributed by atoms with E-state index in [9.17, 15) is 4.79 Å². The summed E-state index contributed by atoms with van der Waals surface area (Å²) in [4.78, 5) is 19.2. The summed E-state index contributed by atoms with van der Waals surface area (Å²) >= 11 is 0. The van der Waals surface area contributed by atoms with Crippen LogP contribution >= 0.6 is 0 Å². The van der Waals surface area contributed by atoms with Crippen molar-refractivity contribution in [2.75, 3.05) is 18.4 Å². The molecule has 0 unspecified atom stereocenters. The van der Waals surface area contributed by atoms with Gasteiger partial charge in [0.15, 0.2) is 0 Å². The number of aromatic nitrogens is 1. The zero-order valence-electron chi connectivity index (χ0n) is 13.8. The molecule has 1 fully saturated rings. The van der Waals surface area contributed by atoms with E-state index in [4.69, 9.17) is 4.74 Å². The van der Waals surface area contributed by atoms with Crippen molar-refractivity contribution in [1.82, 2.24) is 9.88 Å². The second-order valence-corrected chi connectivity index (χ2v) is 6.25. The molecule has 1 amide bonds. The maximum Gasteiger partial charge on any atom is 0.241 e. The van der Waals surface area contributed by atoms with Crippen molar-refractivity contribution >= 4 is 22.5 Å². The molecule has 5 heteroatoms. The van der Waals surface area contributed by atoms with Gasteiger partial charge in [-0.2, -0.15) is 0 Å². The maximum atomic E-state index is 12.7. The monoisotopic (exact) mass is 313 g/mol. The van der Waals surface area contributed by atoms with Gasteiger partial charge in [0.05, 0.1) is 29.5 Å². The smallest absolute Gasteiger partial charge is 0.241 e. The van der Waals surface area contributed by atoms with Crippen LogP contribution in [-0.2, 0) is 9.53 Å². The fraction of sp³-hybridized carbons (Fsp3) is 0.444. The van der Waals surface area contributed by atoms with E-state index in [1.54, 1.807) is 6.20 Å². The Morgan fingerprint density at radius 2 is 2.00 bits per heavy atom. The second-order valence-electron chi connectivity index (χ2n) is 6.25. The number of ether oxygens (including phenoxy) is 1. The van der Waals surface area contributed by atoms with Crippen molar-refractivity contribution in [2.45, 2.75) is 39.0 Å². The number of hydrogen-bond acceptors (Lipinski definition) is 4. The highest BCUT2D eigenvalue weighted by molar-refractivity contribution is 6.02. The molecule has 1 saturated heterocycles. The average Bonchev–Trinajstić information content (AvgIpc) is 2.53. The molecule has 0 bridgehead atoms. The molecule has 5 nitrogen and oxygen atoms in total. The van der Waals surface area contributed by atoms with E-state index in [-0.39, 0.29) is 24.2 Å². The van der Waals surface area contributed by atoms with Gasteiger partial charge in [-0.15, -0.1) is 0 Å². The van der Waals surface area contributed by atoms with E-state index in [1.165, 1.54) is 0 Å². The topological polar surface area (TPSA) is 54.5 Å². The number of carbonyl (C=O) groups is 1. The number of amides is 1. The van der Waals surface area contributed by atoms with E-state index in [0.29, 0.717) is 0 Å². The lowest BCUT2D eigenvalue weighted by Crippen LogP contribution is -2.52. The van der Waals surface area contributed by atoms with Gasteiger partial charge in [0.1, 0.15) is 0 Å². The van der Waals surface area contributed by atoms with Crippen molar-refractivity contribution in [3.8, 4) is 0 Å². The molecule has 0 radical (unpaired) electrons. The third-order valence-corrected chi connectivity index (χ3v) is 4.28. The van der Waals surface area contributed by atoms with Crippen molar-refractivity contribution in [3.63, 3.8) is 0 Å². The first kappa shape index (κ1) is 15.9. The quantitative estimate of drug-likeness (QED) is 0.946. The summed E-state index contributed by atoms with van der Waals surface area (Å²) in [5.74, 6) is 0.00246. The Kier molecular flexibility index (Phi) is 4.59. The highest BCUT2D eigenvalue weighted by atomic mass is 16.5. The standard InChI is InChI=1S/C18H23N3O2/c1-12-10-21(11-13(2)23-12)14(3)18(22)20-17-8-4-7-16-15(17)6-5-9-19-16/h4-9,12-14H,10-11H2,1-3H3,(H,20,22)/t12-,13-,14+/m1/s1. The van der Waals surface area contributed by atoms with E-state index in [1.807, 2.05) is 51.1 Å². The number of anilines is 1. The Labute approximate surface area is 136 Å².